The molecule has 1 fully saturated rings. The molecule has 1 amide bonds. The van der Waals surface area contributed by atoms with Crippen LogP contribution in [-0.4, -0.2) is 55.0 Å². The molecule has 1 aliphatic rings. The van der Waals surface area contributed by atoms with Gasteiger partial charge in [-0.15, -0.1) is 5.10 Å². The van der Waals surface area contributed by atoms with E-state index in [2.05, 4.69) is 46.6 Å². The van der Waals surface area contributed by atoms with Gasteiger partial charge in [-0.2, -0.15) is 0 Å². The van der Waals surface area contributed by atoms with E-state index >= 15 is 0 Å². The van der Waals surface area contributed by atoms with Crippen LogP contribution in [0.4, 0.5) is 0 Å². The SMILES string of the molecule is CCc1cccc2c(C3CCN(C(=O)Cn4cc(C(=O)O)nn4)CC3)c[nH]c12. The first-order valence-corrected chi connectivity index (χ1v) is 9.57. The van der Waals surface area contributed by atoms with Gasteiger partial charge >= 0.3 is 5.97 Å². The first kappa shape index (κ1) is 18.2. The lowest BCUT2D eigenvalue weighted by molar-refractivity contribution is -0.133. The Bertz CT molecular complexity index is 1010. The van der Waals surface area contributed by atoms with Crippen molar-refractivity contribution in [1.29, 1.82) is 0 Å². The molecule has 1 aliphatic heterocycles. The summed E-state index contributed by atoms with van der Waals surface area (Å²) in [4.78, 5) is 28.6. The van der Waals surface area contributed by atoms with Crippen LogP contribution in [-0.2, 0) is 17.8 Å². The van der Waals surface area contributed by atoms with Crippen LogP contribution in [0.5, 0.6) is 0 Å². The van der Waals surface area contributed by atoms with Gasteiger partial charge in [-0.05, 0) is 36.3 Å². The second kappa shape index (κ2) is 7.46. The molecule has 0 bridgehead atoms. The quantitative estimate of drug-likeness (QED) is 0.706. The molecule has 0 aliphatic carbocycles. The molecule has 4 rings (SSSR count). The van der Waals surface area contributed by atoms with E-state index in [-0.39, 0.29) is 18.1 Å². The van der Waals surface area contributed by atoms with Gasteiger partial charge in [-0.1, -0.05) is 30.3 Å². The van der Waals surface area contributed by atoms with E-state index < -0.39 is 5.97 Å². The summed E-state index contributed by atoms with van der Waals surface area (Å²) in [6, 6.07) is 6.44. The molecule has 28 heavy (non-hydrogen) atoms. The predicted molar refractivity (Wildman–Crippen MR) is 103 cm³/mol. The molecule has 0 atom stereocenters. The molecule has 1 saturated heterocycles. The highest BCUT2D eigenvalue weighted by molar-refractivity contribution is 5.87. The summed E-state index contributed by atoms with van der Waals surface area (Å²) in [5.74, 6) is -0.785. The number of hydrogen-bond donors (Lipinski definition) is 2. The lowest BCUT2D eigenvalue weighted by Crippen LogP contribution is -2.39. The first-order chi connectivity index (χ1) is 13.6. The summed E-state index contributed by atoms with van der Waals surface area (Å²) in [6.45, 7) is 3.54. The number of aryl methyl sites for hydroxylation is 1. The topological polar surface area (TPSA) is 104 Å². The molecular formula is C20H23N5O3. The molecule has 0 saturated carbocycles. The standard InChI is InChI=1S/C20H23N5O3/c1-2-13-4-3-5-15-16(10-21-19(13)15)14-6-8-24(9-7-14)18(26)12-25-11-17(20(27)28)22-23-25/h3-5,10-11,14,21H,2,6-9,12H2,1H3,(H,27,28). The number of H-pyrrole nitrogens is 1. The Labute approximate surface area is 162 Å². The maximum Gasteiger partial charge on any atom is 0.358 e. The number of fused-ring (bicyclic) bond motifs is 1. The van der Waals surface area contributed by atoms with Crippen molar-refractivity contribution in [3.05, 3.63) is 47.4 Å². The molecule has 8 heteroatoms. The Kier molecular flexibility index (Phi) is 4.85. The number of aromatic nitrogens is 4. The van der Waals surface area contributed by atoms with Crippen LogP contribution >= 0.6 is 0 Å². The Morgan fingerprint density at radius 3 is 2.75 bits per heavy atom. The number of rotatable bonds is 5. The number of carbonyl (C=O) groups excluding carboxylic acids is 1. The zero-order valence-electron chi connectivity index (χ0n) is 15.8. The van der Waals surface area contributed by atoms with Gasteiger partial charge in [0.2, 0.25) is 5.91 Å². The number of likely N-dealkylation sites (tertiary alicyclic amines) is 1. The minimum Gasteiger partial charge on any atom is -0.476 e. The smallest absolute Gasteiger partial charge is 0.358 e. The maximum atomic E-state index is 12.5. The van der Waals surface area contributed by atoms with Crippen molar-refractivity contribution >= 4 is 22.8 Å². The number of carboxylic acid groups (broad SMARTS) is 1. The number of amides is 1. The normalized spacial score (nSPS) is 15.2. The molecule has 0 radical (unpaired) electrons. The first-order valence-electron chi connectivity index (χ1n) is 9.57. The third kappa shape index (κ3) is 3.37. The van der Waals surface area contributed by atoms with Gasteiger partial charge in [0.05, 0.1) is 6.20 Å². The molecular weight excluding hydrogens is 358 g/mol. The summed E-state index contributed by atoms with van der Waals surface area (Å²) >= 11 is 0. The average Bonchev–Trinajstić information content (AvgIpc) is 3.35. The Morgan fingerprint density at radius 2 is 2.07 bits per heavy atom. The van der Waals surface area contributed by atoms with Crippen molar-refractivity contribution in [2.24, 2.45) is 0 Å². The van der Waals surface area contributed by atoms with Crippen LogP contribution in [0, 0.1) is 0 Å². The molecule has 146 valence electrons. The van der Waals surface area contributed by atoms with Crippen molar-refractivity contribution in [2.45, 2.75) is 38.6 Å². The zero-order valence-corrected chi connectivity index (χ0v) is 15.8. The number of nitrogens with zero attached hydrogens (tertiary/aromatic N) is 4. The van der Waals surface area contributed by atoms with Crippen molar-refractivity contribution in [1.82, 2.24) is 24.9 Å². The zero-order chi connectivity index (χ0) is 19.7. The summed E-state index contributed by atoms with van der Waals surface area (Å²) in [5, 5.41) is 17.4. The number of benzene rings is 1. The summed E-state index contributed by atoms with van der Waals surface area (Å²) in [5.41, 5.74) is 3.72. The summed E-state index contributed by atoms with van der Waals surface area (Å²) < 4.78 is 1.28. The minimum atomic E-state index is -1.15. The van der Waals surface area contributed by atoms with Crippen molar-refractivity contribution < 1.29 is 14.7 Å². The Morgan fingerprint density at radius 1 is 1.29 bits per heavy atom. The molecule has 3 aromatic rings. The molecule has 0 spiro atoms. The fraction of sp³-hybridized carbons (Fsp3) is 0.400. The number of carbonyl (C=O) groups is 2. The van der Waals surface area contributed by atoms with Crippen molar-refractivity contribution in [2.75, 3.05) is 13.1 Å². The van der Waals surface area contributed by atoms with E-state index in [4.69, 9.17) is 5.11 Å². The number of para-hydroxylation sites is 1. The fourth-order valence-corrected chi connectivity index (χ4v) is 4.02. The van der Waals surface area contributed by atoms with Crippen LogP contribution < -0.4 is 0 Å². The van der Waals surface area contributed by atoms with Crippen LogP contribution in [0.15, 0.2) is 30.6 Å². The van der Waals surface area contributed by atoms with Crippen molar-refractivity contribution in [3.8, 4) is 0 Å². The third-order valence-electron chi connectivity index (χ3n) is 5.56. The maximum absolute atomic E-state index is 12.5. The van der Waals surface area contributed by atoms with Gasteiger partial charge in [0.1, 0.15) is 6.54 Å². The molecule has 2 N–H and O–H groups in total. The summed E-state index contributed by atoms with van der Waals surface area (Å²) in [6.07, 6.45) is 6.22. The van der Waals surface area contributed by atoms with Gasteiger partial charge in [0, 0.05) is 30.2 Å². The monoisotopic (exact) mass is 381 g/mol. The molecule has 8 nitrogen and oxygen atoms in total. The van der Waals surface area contributed by atoms with Crippen LogP contribution in [0.25, 0.3) is 10.9 Å². The molecule has 3 heterocycles. The third-order valence-corrected chi connectivity index (χ3v) is 5.56. The number of carboxylic acids is 1. The van der Waals surface area contributed by atoms with E-state index in [1.54, 1.807) is 0 Å². The van der Waals surface area contributed by atoms with E-state index in [1.807, 2.05) is 4.90 Å². The average molecular weight is 381 g/mol. The van der Waals surface area contributed by atoms with Crippen LogP contribution in [0.1, 0.15) is 47.3 Å². The molecule has 1 aromatic carbocycles. The highest BCUT2D eigenvalue weighted by Crippen LogP contribution is 2.34. The fourth-order valence-electron chi connectivity index (χ4n) is 4.02. The molecule has 0 unspecified atom stereocenters. The number of aromatic amines is 1. The minimum absolute atomic E-state index is 0.0118. The number of piperidine rings is 1. The predicted octanol–water partition coefficient (Wildman–Crippen LogP) is 2.43. The Hall–Kier alpha value is -3.16. The van der Waals surface area contributed by atoms with E-state index in [0.717, 1.165) is 19.3 Å². The number of hydrogen-bond acceptors (Lipinski definition) is 4. The largest absolute Gasteiger partial charge is 0.476 e. The van der Waals surface area contributed by atoms with Gasteiger partial charge in [-0.3, -0.25) is 4.79 Å². The van der Waals surface area contributed by atoms with Gasteiger partial charge < -0.3 is 15.0 Å². The van der Waals surface area contributed by atoms with Crippen molar-refractivity contribution in [3.63, 3.8) is 0 Å². The summed E-state index contributed by atoms with van der Waals surface area (Å²) in [7, 11) is 0. The number of aromatic carboxylic acids is 1. The Balaban J connectivity index is 1.40. The van der Waals surface area contributed by atoms with E-state index in [0.29, 0.717) is 19.0 Å². The highest BCUT2D eigenvalue weighted by atomic mass is 16.4. The van der Waals surface area contributed by atoms with Crippen LogP contribution in [0.3, 0.4) is 0 Å². The van der Waals surface area contributed by atoms with Gasteiger partial charge in [0.15, 0.2) is 5.69 Å². The lowest BCUT2D eigenvalue weighted by Gasteiger charge is -2.32. The van der Waals surface area contributed by atoms with Gasteiger partial charge in [-0.25, -0.2) is 9.48 Å². The van der Waals surface area contributed by atoms with E-state index in [9.17, 15) is 9.59 Å². The second-order valence-corrected chi connectivity index (χ2v) is 7.20. The second-order valence-electron chi connectivity index (χ2n) is 7.20. The van der Waals surface area contributed by atoms with Crippen LogP contribution in [0.2, 0.25) is 0 Å². The number of nitrogens with one attached hydrogen (secondary N) is 1. The van der Waals surface area contributed by atoms with Gasteiger partial charge in [0.25, 0.3) is 0 Å². The highest BCUT2D eigenvalue weighted by Gasteiger charge is 2.26. The molecule has 2 aromatic heterocycles. The van der Waals surface area contributed by atoms with E-state index in [1.165, 1.54) is 32.9 Å². The lowest BCUT2D eigenvalue weighted by atomic mass is 9.88.